The summed E-state index contributed by atoms with van der Waals surface area (Å²) in [6.45, 7) is 7.00. The maximum absolute atomic E-state index is 15.5. The number of aliphatic carboxylic acids is 1. The predicted octanol–water partition coefficient (Wildman–Crippen LogP) is 4.32. The van der Waals surface area contributed by atoms with Gasteiger partial charge in [0.15, 0.2) is 11.5 Å². The van der Waals surface area contributed by atoms with Gasteiger partial charge in [-0.3, -0.25) is 4.79 Å². The fourth-order valence-electron chi connectivity index (χ4n) is 5.41. The van der Waals surface area contributed by atoms with Crippen LogP contribution in [0.15, 0.2) is 36.7 Å². The van der Waals surface area contributed by atoms with E-state index in [0.717, 1.165) is 36.6 Å². The van der Waals surface area contributed by atoms with Crippen molar-refractivity contribution < 1.29 is 37.0 Å². The molecule has 2 saturated heterocycles. The normalized spacial score (nSPS) is 22.1. The fourth-order valence-corrected chi connectivity index (χ4v) is 5.41. The molecule has 38 heavy (non-hydrogen) atoms. The summed E-state index contributed by atoms with van der Waals surface area (Å²) < 4.78 is 54.7. The smallest absolute Gasteiger partial charge is 0.475 e. The highest BCUT2D eigenvalue weighted by molar-refractivity contribution is 5.86. The molecular weight excluding hydrogens is 508 g/mol. The van der Waals surface area contributed by atoms with Gasteiger partial charge in [0.25, 0.3) is 5.91 Å². The summed E-state index contributed by atoms with van der Waals surface area (Å²) in [5, 5.41) is 7.12. The lowest BCUT2D eigenvalue weighted by Crippen LogP contribution is -2.55. The Morgan fingerprint density at radius 2 is 1.84 bits per heavy atom. The van der Waals surface area contributed by atoms with Crippen LogP contribution in [0.2, 0.25) is 0 Å². The molecule has 8 nitrogen and oxygen atoms in total. The minimum absolute atomic E-state index is 0.148. The number of likely N-dealkylation sites (tertiary alicyclic amines) is 1. The van der Waals surface area contributed by atoms with Crippen LogP contribution in [0, 0.1) is 5.92 Å². The van der Waals surface area contributed by atoms with Crippen molar-refractivity contribution in [2.75, 3.05) is 37.7 Å². The van der Waals surface area contributed by atoms with Gasteiger partial charge >= 0.3 is 12.1 Å². The number of aromatic nitrogens is 2. The van der Waals surface area contributed by atoms with Crippen molar-refractivity contribution in [1.82, 2.24) is 14.5 Å². The first-order valence-corrected chi connectivity index (χ1v) is 12.7. The van der Waals surface area contributed by atoms with Crippen LogP contribution in [0.5, 0.6) is 0 Å². The van der Waals surface area contributed by atoms with Gasteiger partial charge in [-0.05, 0) is 43.0 Å². The van der Waals surface area contributed by atoms with E-state index in [-0.39, 0.29) is 24.3 Å². The number of anilines is 1. The number of halogens is 4. The Kier molecular flexibility index (Phi) is 7.74. The SMILES string of the molecule is CC(C)CCN1c2cccnc2-n2cccc2C12CCN(C(=O)C1(F)CCOCC1)C2.O=C(O)C(F)(F)F. The molecule has 1 spiro atoms. The molecule has 1 amide bonds. The van der Waals surface area contributed by atoms with Crippen molar-refractivity contribution in [3.63, 3.8) is 0 Å². The van der Waals surface area contributed by atoms with Crippen molar-refractivity contribution in [3.05, 3.63) is 42.4 Å². The van der Waals surface area contributed by atoms with E-state index in [9.17, 15) is 18.0 Å². The second-order valence-corrected chi connectivity index (χ2v) is 10.3. The third-order valence-corrected chi connectivity index (χ3v) is 7.40. The number of pyridine rings is 1. The van der Waals surface area contributed by atoms with Gasteiger partial charge < -0.3 is 24.2 Å². The molecule has 208 valence electrons. The van der Waals surface area contributed by atoms with E-state index >= 15 is 4.39 Å². The Labute approximate surface area is 218 Å². The fraction of sp³-hybridized carbons (Fsp3) is 0.577. The number of rotatable bonds is 4. The van der Waals surface area contributed by atoms with Crippen molar-refractivity contribution in [2.24, 2.45) is 5.92 Å². The molecule has 2 aromatic heterocycles. The highest BCUT2D eigenvalue weighted by Crippen LogP contribution is 2.48. The number of carboxylic acids is 1. The van der Waals surface area contributed by atoms with Gasteiger partial charge in [0.1, 0.15) is 5.54 Å². The lowest BCUT2D eigenvalue weighted by atomic mass is 9.88. The van der Waals surface area contributed by atoms with Gasteiger partial charge in [-0.15, -0.1) is 0 Å². The van der Waals surface area contributed by atoms with Crippen molar-refractivity contribution in [2.45, 2.75) is 56.9 Å². The van der Waals surface area contributed by atoms with Gasteiger partial charge in [-0.2, -0.15) is 13.2 Å². The van der Waals surface area contributed by atoms with Crippen molar-refractivity contribution in [3.8, 4) is 5.82 Å². The molecular formula is C26H32F4N4O4. The zero-order chi connectivity index (χ0) is 27.7. The van der Waals surface area contributed by atoms with Crippen LogP contribution < -0.4 is 4.90 Å². The number of hydrogen-bond donors (Lipinski definition) is 1. The molecule has 5 heterocycles. The molecule has 3 aliphatic heterocycles. The van der Waals surface area contributed by atoms with E-state index in [4.69, 9.17) is 14.6 Å². The summed E-state index contributed by atoms with van der Waals surface area (Å²) in [5.41, 5.74) is 0.0497. The number of nitrogens with zero attached hydrogens (tertiary/aromatic N) is 4. The van der Waals surface area contributed by atoms with E-state index in [1.165, 1.54) is 0 Å². The van der Waals surface area contributed by atoms with Crippen LogP contribution in [0.1, 0.15) is 45.2 Å². The van der Waals surface area contributed by atoms with E-state index < -0.39 is 17.8 Å². The number of amides is 1. The zero-order valence-corrected chi connectivity index (χ0v) is 21.4. The second kappa shape index (κ2) is 10.5. The Morgan fingerprint density at radius 1 is 1.16 bits per heavy atom. The van der Waals surface area contributed by atoms with Crippen LogP contribution in [-0.4, -0.2) is 76.1 Å². The minimum atomic E-state index is -5.08. The van der Waals surface area contributed by atoms with Gasteiger partial charge in [0, 0.05) is 44.9 Å². The first-order valence-electron chi connectivity index (χ1n) is 12.7. The molecule has 2 aromatic rings. The molecule has 0 bridgehead atoms. The summed E-state index contributed by atoms with van der Waals surface area (Å²) in [4.78, 5) is 31.0. The topological polar surface area (TPSA) is 87.9 Å². The summed E-state index contributed by atoms with van der Waals surface area (Å²) in [7, 11) is 0. The highest BCUT2D eigenvalue weighted by atomic mass is 19.4. The second-order valence-electron chi connectivity index (χ2n) is 10.3. The third kappa shape index (κ3) is 5.23. The van der Waals surface area contributed by atoms with Crippen LogP contribution in [-0.2, 0) is 19.9 Å². The molecule has 1 atom stereocenters. The molecule has 1 unspecified atom stereocenters. The van der Waals surface area contributed by atoms with E-state index in [1.54, 1.807) is 4.90 Å². The number of hydrogen-bond acceptors (Lipinski definition) is 5. The molecule has 1 N–H and O–H groups in total. The predicted molar refractivity (Wildman–Crippen MR) is 131 cm³/mol. The summed E-state index contributed by atoms with van der Waals surface area (Å²) in [6.07, 6.45) is 0.897. The largest absolute Gasteiger partial charge is 0.490 e. The quantitative estimate of drug-likeness (QED) is 0.582. The van der Waals surface area contributed by atoms with Crippen LogP contribution in [0.4, 0.5) is 23.2 Å². The van der Waals surface area contributed by atoms with Crippen molar-refractivity contribution in [1.29, 1.82) is 0 Å². The van der Waals surface area contributed by atoms with Crippen LogP contribution in [0.3, 0.4) is 0 Å². The zero-order valence-electron chi connectivity index (χ0n) is 21.4. The van der Waals surface area contributed by atoms with E-state index in [1.807, 2.05) is 24.5 Å². The molecule has 5 rings (SSSR count). The Bertz CT molecular complexity index is 1160. The van der Waals surface area contributed by atoms with Gasteiger partial charge in [-0.25, -0.2) is 14.2 Å². The van der Waals surface area contributed by atoms with Gasteiger partial charge in [-0.1, -0.05) is 13.8 Å². The summed E-state index contributed by atoms with van der Waals surface area (Å²) >= 11 is 0. The number of fused-ring (bicyclic) bond motifs is 4. The summed E-state index contributed by atoms with van der Waals surface area (Å²) in [6, 6.07) is 8.27. The average molecular weight is 541 g/mol. The van der Waals surface area contributed by atoms with E-state index in [0.29, 0.717) is 32.2 Å². The Morgan fingerprint density at radius 3 is 2.47 bits per heavy atom. The van der Waals surface area contributed by atoms with E-state index in [2.05, 4.69) is 40.4 Å². The maximum atomic E-state index is 15.5. The molecule has 0 saturated carbocycles. The first kappa shape index (κ1) is 27.9. The van der Waals surface area contributed by atoms with Crippen LogP contribution >= 0.6 is 0 Å². The molecule has 12 heteroatoms. The number of alkyl halides is 4. The molecule has 0 aliphatic carbocycles. The number of carbonyl (C=O) groups is 2. The maximum Gasteiger partial charge on any atom is 0.490 e. The first-order chi connectivity index (χ1) is 17.9. The minimum Gasteiger partial charge on any atom is -0.475 e. The third-order valence-electron chi connectivity index (χ3n) is 7.40. The average Bonchev–Trinajstić information content (AvgIpc) is 3.53. The van der Waals surface area contributed by atoms with Crippen molar-refractivity contribution >= 4 is 17.6 Å². The monoisotopic (exact) mass is 540 g/mol. The Balaban J connectivity index is 0.000000426. The lowest BCUT2D eigenvalue weighted by Gasteiger charge is -2.47. The standard InChI is InChI=1S/C24H31FN4O2.C2HF3O2/c1-18(2)7-13-29-19-5-3-11-26-21(19)28-12-4-6-20(28)24(29)8-14-27(17-24)22(30)23(25)9-15-31-16-10-23;3-2(4,5)1(6)7/h3-6,11-12,18H,7-10,13-17H2,1-2H3;(H,6,7). The number of carboxylic acid groups (broad SMARTS) is 1. The van der Waals surface area contributed by atoms with Crippen LogP contribution in [0.25, 0.3) is 5.82 Å². The lowest BCUT2D eigenvalue weighted by molar-refractivity contribution is -0.192. The molecule has 3 aliphatic rings. The summed E-state index contributed by atoms with van der Waals surface area (Å²) in [5.74, 6) is -1.64. The highest BCUT2D eigenvalue weighted by Gasteiger charge is 2.53. The van der Waals surface area contributed by atoms with Gasteiger partial charge in [0.2, 0.25) is 0 Å². The molecule has 0 radical (unpaired) electrons. The molecule has 2 fully saturated rings. The number of ether oxygens (including phenoxy) is 1. The number of carbonyl (C=O) groups excluding carboxylic acids is 1. The van der Waals surface area contributed by atoms with Gasteiger partial charge in [0.05, 0.1) is 24.6 Å². The molecule has 0 aromatic carbocycles. The Hall–Kier alpha value is -3.15.